The summed E-state index contributed by atoms with van der Waals surface area (Å²) in [6.45, 7) is 7.52. The molecule has 1 aromatic carbocycles. The number of carboxylic acid groups (broad SMARTS) is 1. The van der Waals surface area contributed by atoms with Crippen LogP contribution in [0, 0.1) is 31.1 Å². The van der Waals surface area contributed by atoms with Crippen LogP contribution in [-0.2, 0) is 9.59 Å². The van der Waals surface area contributed by atoms with E-state index in [1.165, 1.54) is 0 Å². The molecule has 0 spiro atoms. The normalized spacial score (nSPS) is 23.2. The number of benzene rings is 1. The summed E-state index contributed by atoms with van der Waals surface area (Å²) in [6, 6.07) is 3.91. The van der Waals surface area contributed by atoms with Crippen LogP contribution in [0.1, 0.15) is 25.0 Å². The van der Waals surface area contributed by atoms with Crippen LogP contribution >= 0.6 is 15.9 Å². The molecule has 5 heteroatoms. The number of carboxylic acids is 1. The molecule has 1 saturated carbocycles. The molecule has 1 amide bonds. The Labute approximate surface area is 126 Å². The number of halogens is 1. The second-order valence-electron chi connectivity index (χ2n) is 6.04. The van der Waals surface area contributed by atoms with E-state index in [0.29, 0.717) is 5.69 Å². The van der Waals surface area contributed by atoms with Crippen LogP contribution in [0.25, 0.3) is 0 Å². The molecule has 1 aromatic rings. The highest BCUT2D eigenvalue weighted by molar-refractivity contribution is 9.10. The number of anilines is 1. The minimum atomic E-state index is -0.908. The molecule has 1 aliphatic rings. The van der Waals surface area contributed by atoms with Gasteiger partial charge in [-0.25, -0.2) is 0 Å². The second kappa shape index (κ2) is 4.88. The Morgan fingerprint density at radius 2 is 1.85 bits per heavy atom. The van der Waals surface area contributed by atoms with E-state index in [0.717, 1.165) is 15.6 Å². The van der Waals surface area contributed by atoms with Crippen molar-refractivity contribution in [2.75, 3.05) is 5.32 Å². The molecule has 1 aliphatic carbocycles. The fourth-order valence-electron chi connectivity index (χ4n) is 2.86. The van der Waals surface area contributed by atoms with Gasteiger partial charge in [-0.15, -0.1) is 0 Å². The Kier molecular flexibility index (Phi) is 3.67. The summed E-state index contributed by atoms with van der Waals surface area (Å²) in [5.74, 6) is -2.22. The second-order valence-corrected chi connectivity index (χ2v) is 6.90. The molecule has 2 rings (SSSR count). The van der Waals surface area contributed by atoms with Crippen molar-refractivity contribution in [3.8, 4) is 0 Å². The zero-order valence-corrected chi connectivity index (χ0v) is 13.5. The third kappa shape index (κ3) is 2.46. The molecule has 2 N–H and O–H groups in total. The standard InChI is InChI=1S/C15H18BrNO3/c1-7-5-8(2)12(9(16)6-7)17-13(18)10-11(14(19)20)15(10,3)4/h5-6,10-11H,1-4H3,(H,17,18)(H,19,20)/t10-,11+/m1/s1. The molecular formula is C15H18BrNO3. The Morgan fingerprint density at radius 3 is 2.30 bits per heavy atom. The maximum atomic E-state index is 12.3. The number of rotatable bonds is 3. The van der Waals surface area contributed by atoms with Gasteiger partial charge in [-0.2, -0.15) is 0 Å². The van der Waals surface area contributed by atoms with E-state index >= 15 is 0 Å². The summed E-state index contributed by atoms with van der Waals surface area (Å²) in [5.41, 5.74) is 2.28. The quantitative estimate of drug-likeness (QED) is 0.887. The Morgan fingerprint density at radius 1 is 1.25 bits per heavy atom. The van der Waals surface area contributed by atoms with Gasteiger partial charge >= 0.3 is 5.97 Å². The van der Waals surface area contributed by atoms with Gasteiger partial charge in [0.25, 0.3) is 0 Å². The molecule has 108 valence electrons. The van der Waals surface area contributed by atoms with Gasteiger partial charge in [0.1, 0.15) is 0 Å². The maximum Gasteiger partial charge on any atom is 0.307 e. The predicted octanol–water partition coefficient (Wildman–Crippen LogP) is 3.36. The van der Waals surface area contributed by atoms with E-state index < -0.39 is 23.2 Å². The molecule has 0 aromatic heterocycles. The van der Waals surface area contributed by atoms with Crippen LogP contribution < -0.4 is 5.32 Å². The molecule has 0 unspecified atom stereocenters. The molecular weight excluding hydrogens is 322 g/mol. The van der Waals surface area contributed by atoms with Gasteiger partial charge in [-0.05, 0) is 52.4 Å². The molecule has 0 radical (unpaired) electrons. The van der Waals surface area contributed by atoms with Gasteiger partial charge in [-0.3, -0.25) is 9.59 Å². The van der Waals surface area contributed by atoms with Gasteiger partial charge in [-0.1, -0.05) is 19.9 Å². The lowest BCUT2D eigenvalue weighted by molar-refractivity contribution is -0.140. The minimum Gasteiger partial charge on any atom is -0.481 e. The predicted molar refractivity (Wildman–Crippen MR) is 80.6 cm³/mol. The first kappa shape index (κ1) is 15.0. The number of aryl methyl sites for hydroxylation is 2. The van der Waals surface area contributed by atoms with Crippen molar-refractivity contribution in [1.29, 1.82) is 0 Å². The molecule has 0 aliphatic heterocycles. The van der Waals surface area contributed by atoms with Gasteiger partial charge < -0.3 is 10.4 Å². The van der Waals surface area contributed by atoms with Gasteiger partial charge in [0, 0.05) is 4.47 Å². The Balaban J connectivity index is 2.20. The summed E-state index contributed by atoms with van der Waals surface area (Å²) in [5, 5.41) is 12.0. The highest BCUT2D eigenvalue weighted by Crippen LogP contribution is 2.58. The molecule has 4 nitrogen and oxygen atoms in total. The lowest BCUT2D eigenvalue weighted by Crippen LogP contribution is -2.18. The first-order chi connectivity index (χ1) is 9.16. The number of nitrogens with one attached hydrogen (secondary N) is 1. The molecule has 0 saturated heterocycles. The Bertz CT molecular complexity index is 572. The SMILES string of the molecule is Cc1cc(C)c(NC(=O)[C@H]2[C@@H](C(=O)O)C2(C)C)c(Br)c1. The summed E-state index contributed by atoms with van der Waals surface area (Å²) in [6.07, 6.45) is 0. The van der Waals surface area contributed by atoms with Crippen LogP contribution in [0.4, 0.5) is 5.69 Å². The van der Waals surface area contributed by atoms with Crippen LogP contribution in [0.5, 0.6) is 0 Å². The topological polar surface area (TPSA) is 66.4 Å². The van der Waals surface area contributed by atoms with Crippen molar-refractivity contribution in [2.45, 2.75) is 27.7 Å². The number of hydrogen-bond donors (Lipinski definition) is 2. The molecule has 2 atom stereocenters. The zero-order chi connectivity index (χ0) is 15.2. The first-order valence-electron chi connectivity index (χ1n) is 6.46. The largest absolute Gasteiger partial charge is 0.481 e. The summed E-state index contributed by atoms with van der Waals surface area (Å²) < 4.78 is 0.814. The van der Waals surface area contributed by atoms with Crippen LogP contribution in [0.15, 0.2) is 16.6 Å². The smallest absolute Gasteiger partial charge is 0.307 e. The highest BCUT2D eigenvalue weighted by Gasteiger charge is 2.65. The molecule has 0 heterocycles. The van der Waals surface area contributed by atoms with Crippen LogP contribution in [-0.4, -0.2) is 17.0 Å². The van der Waals surface area contributed by atoms with E-state index in [2.05, 4.69) is 21.2 Å². The fraction of sp³-hybridized carbons (Fsp3) is 0.467. The van der Waals surface area contributed by atoms with Gasteiger partial charge in [0.2, 0.25) is 5.91 Å². The summed E-state index contributed by atoms with van der Waals surface area (Å²) >= 11 is 3.44. The fourth-order valence-corrected chi connectivity index (χ4v) is 3.64. The van der Waals surface area contributed by atoms with Crippen molar-refractivity contribution in [3.05, 3.63) is 27.7 Å². The molecule has 0 bridgehead atoms. The van der Waals surface area contributed by atoms with E-state index in [1.807, 2.05) is 39.8 Å². The summed E-state index contributed by atoms with van der Waals surface area (Å²) in [7, 11) is 0. The van der Waals surface area contributed by atoms with E-state index in [1.54, 1.807) is 0 Å². The number of carbonyl (C=O) groups is 2. The molecule has 1 fully saturated rings. The van der Waals surface area contributed by atoms with Crippen LogP contribution in [0.2, 0.25) is 0 Å². The van der Waals surface area contributed by atoms with Crippen molar-refractivity contribution < 1.29 is 14.7 Å². The highest BCUT2D eigenvalue weighted by atomic mass is 79.9. The maximum absolute atomic E-state index is 12.3. The van der Waals surface area contributed by atoms with Crippen molar-refractivity contribution in [1.82, 2.24) is 0 Å². The zero-order valence-electron chi connectivity index (χ0n) is 12.0. The van der Waals surface area contributed by atoms with Crippen molar-refractivity contribution >= 4 is 33.5 Å². The number of hydrogen-bond acceptors (Lipinski definition) is 2. The average molecular weight is 340 g/mol. The van der Waals surface area contributed by atoms with E-state index in [-0.39, 0.29) is 5.91 Å². The molecule has 20 heavy (non-hydrogen) atoms. The lowest BCUT2D eigenvalue weighted by Gasteiger charge is -2.12. The first-order valence-corrected chi connectivity index (χ1v) is 7.26. The lowest BCUT2D eigenvalue weighted by atomic mass is 10.1. The third-order valence-corrected chi connectivity index (χ3v) is 4.68. The monoisotopic (exact) mass is 339 g/mol. The average Bonchev–Trinajstić information content (AvgIpc) is 2.86. The van der Waals surface area contributed by atoms with Crippen molar-refractivity contribution in [3.63, 3.8) is 0 Å². The van der Waals surface area contributed by atoms with Gasteiger partial charge in [0.15, 0.2) is 0 Å². The number of aliphatic carboxylic acids is 1. The van der Waals surface area contributed by atoms with E-state index in [4.69, 9.17) is 5.11 Å². The number of carbonyl (C=O) groups excluding carboxylic acids is 1. The minimum absolute atomic E-state index is 0.227. The number of amides is 1. The van der Waals surface area contributed by atoms with Crippen LogP contribution in [0.3, 0.4) is 0 Å². The summed E-state index contributed by atoms with van der Waals surface area (Å²) in [4.78, 5) is 23.4. The van der Waals surface area contributed by atoms with Gasteiger partial charge in [0.05, 0.1) is 17.5 Å². The van der Waals surface area contributed by atoms with Crippen molar-refractivity contribution in [2.24, 2.45) is 17.3 Å². The third-order valence-electron chi connectivity index (χ3n) is 4.06. The van der Waals surface area contributed by atoms with E-state index in [9.17, 15) is 9.59 Å². The Hall–Kier alpha value is -1.36.